The fraction of sp³-hybridized carbons (Fsp3) is 0.500. The Morgan fingerprint density at radius 2 is 2.33 bits per heavy atom. The maximum absolute atomic E-state index is 11.6. The Morgan fingerprint density at radius 3 is 2.80 bits per heavy atom. The number of thiol groups is 1. The zero-order valence-corrected chi connectivity index (χ0v) is 10.7. The third-order valence-corrected chi connectivity index (χ3v) is 3.40. The van der Waals surface area contributed by atoms with Crippen LogP contribution in [0, 0.1) is 0 Å². The lowest BCUT2D eigenvalue weighted by Crippen LogP contribution is -2.39. The Hall–Kier alpha value is -0.520. The summed E-state index contributed by atoms with van der Waals surface area (Å²) in [4.78, 5) is 13.1. The van der Waals surface area contributed by atoms with E-state index in [2.05, 4.69) is 17.9 Å². The molecule has 15 heavy (non-hydrogen) atoms. The van der Waals surface area contributed by atoms with Crippen LogP contribution in [0.1, 0.15) is 23.5 Å². The van der Waals surface area contributed by atoms with Gasteiger partial charge in [-0.2, -0.15) is 0 Å². The Morgan fingerprint density at radius 1 is 1.67 bits per heavy atom. The summed E-state index contributed by atoms with van der Waals surface area (Å²) < 4.78 is 5.20. The van der Waals surface area contributed by atoms with Crippen LogP contribution in [0.4, 0.5) is 0 Å². The molecule has 0 saturated heterocycles. The van der Waals surface area contributed by atoms with Crippen LogP contribution in [-0.2, 0) is 4.74 Å². The number of hydrogen-bond donors (Lipinski definition) is 2. The SMILES string of the molecule is COC(C)(C)CNC(=O)c1cc(S)cs1. The van der Waals surface area contributed by atoms with Crippen molar-refractivity contribution in [3.05, 3.63) is 16.3 Å². The van der Waals surface area contributed by atoms with Crippen molar-refractivity contribution < 1.29 is 9.53 Å². The van der Waals surface area contributed by atoms with Gasteiger partial charge in [-0.25, -0.2) is 0 Å². The van der Waals surface area contributed by atoms with E-state index in [1.165, 1.54) is 11.3 Å². The summed E-state index contributed by atoms with van der Waals surface area (Å²) in [6, 6.07) is 1.75. The first-order chi connectivity index (χ1) is 6.94. The van der Waals surface area contributed by atoms with Crippen LogP contribution in [0.15, 0.2) is 16.3 Å². The zero-order valence-electron chi connectivity index (χ0n) is 9.03. The van der Waals surface area contributed by atoms with E-state index in [0.717, 1.165) is 4.90 Å². The summed E-state index contributed by atoms with van der Waals surface area (Å²) in [6.45, 7) is 4.33. The number of ether oxygens (including phenoxy) is 1. The molecule has 0 saturated carbocycles. The minimum Gasteiger partial charge on any atom is -0.377 e. The number of amides is 1. The van der Waals surface area contributed by atoms with E-state index in [1.807, 2.05) is 19.2 Å². The quantitative estimate of drug-likeness (QED) is 0.798. The molecule has 1 rings (SSSR count). The molecule has 0 atom stereocenters. The number of hydrogen-bond acceptors (Lipinski definition) is 4. The molecule has 0 aliphatic heterocycles. The van der Waals surface area contributed by atoms with Gasteiger partial charge < -0.3 is 10.1 Å². The zero-order chi connectivity index (χ0) is 11.5. The summed E-state index contributed by atoms with van der Waals surface area (Å²) in [7, 11) is 1.63. The Labute approximate surface area is 99.2 Å². The van der Waals surface area contributed by atoms with Gasteiger partial charge in [-0.15, -0.1) is 24.0 Å². The molecule has 1 aromatic rings. The van der Waals surface area contributed by atoms with E-state index in [9.17, 15) is 4.79 Å². The molecule has 0 aliphatic carbocycles. The van der Waals surface area contributed by atoms with Crippen LogP contribution in [-0.4, -0.2) is 25.2 Å². The van der Waals surface area contributed by atoms with E-state index in [-0.39, 0.29) is 11.5 Å². The second kappa shape index (κ2) is 5.01. The summed E-state index contributed by atoms with van der Waals surface area (Å²) in [5, 5.41) is 4.65. The van der Waals surface area contributed by atoms with Crippen molar-refractivity contribution in [2.45, 2.75) is 24.3 Å². The largest absolute Gasteiger partial charge is 0.377 e. The summed E-state index contributed by atoms with van der Waals surface area (Å²) in [6.07, 6.45) is 0. The molecule has 0 bridgehead atoms. The van der Waals surface area contributed by atoms with Crippen LogP contribution in [0.2, 0.25) is 0 Å². The van der Waals surface area contributed by atoms with Gasteiger partial charge in [0, 0.05) is 23.9 Å². The lowest BCUT2D eigenvalue weighted by Gasteiger charge is -2.22. The van der Waals surface area contributed by atoms with Gasteiger partial charge in [0.25, 0.3) is 5.91 Å². The van der Waals surface area contributed by atoms with Crippen molar-refractivity contribution in [3.63, 3.8) is 0 Å². The van der Waals surface area contributed by atoms with Crippen LogP contribution in [0.3, 0.4) is 0 Å². The van der Waals surface area contributed by atoms with Crippen molar-refractivity contribution >= 4 is 29.9 Å². The summed E-state index contributed by atoms with van der Waals surface area (Å²) in [5.74, 6) is -0.0783. The average Bonchev–Trinajstić information content (AvgIpc) is 2.61. The molecule has 0 fully saturated rings. The maximum Gasteiger partial charge on any atom is 0.261 e. The predicted molar refractivity (Wildman–Crippen MR) is 65.0 cm³/mol. The number of methoxy groups -OCH3 is 1. The summed E-state index contributed by atoms with van der Waals surface area (Å²) in [5.41, 5.74) is -0.337. The maximum atomic E-state index is 11.6. The topological polar surface area (TPSA) is 38.3 Å². The minimum absolute atomic E-state index is 0.0783. The number of nitrogens with one attached hydrogen (secondary N) is 1. The van der Waals surface area contributed by atoms with E-state index >= 15 is 0 Å². The number of carbonyl (C=O) groups excluding carboxylic acids is 1. The molecule has 0 spiro atoms. The van der Waals surface area contributed by atoms with Gasteiger partial charge >= 0.3 is 0 Å². The van der Waals surface area contributed by atoms with E-state index < -0.39 is 0 Å². The first-order valence-electron chi connectivity index (χ1n) is 4.55. The molecular weight excluding hydrogens is 230 g/mol. The van der Waals surface area contributed by atoms with Gasteiger partial charge in [0.05, 0.1) is 10.5 Å². The predicted octanol–water partition coefficient (Wildman–Crippen LogP) is 2.19. The molecule has 0 radical (unpaired) electrons. The van der Waals surface area contributed by atoms with Crippen molar-refractivity contribution in [2.75, 3.05) is 13.7 Å². The Balaban J connectivity index is 2.50. The monoisotopic (exact) mass is 245 g/mol. The van der Waals surface area contributed by atoms with Crippen molar-refractivity contribution in [3.8, 4) is 0 Å². The fourth-order valence-corrected chi connectivity index (χ4v) is 1.96. The first kappa shape index (κ1) is 12.5. The van der Waals surface area contributed by atoms with Crippen molar-refractivity contribution in [1.82, 2.24) is 5.32 Å². The third-order valence-electron chi connectivity index (χ3n) is 2.04. The molecular formula is C10H15NO2S2. The standard InChI is InChI=1S/C10H15NO2S2/c1-10(2,13-3)6-11-9(12)8-4-7(14)5-15-8/h4-5,14H,6H2,1-3H3,(H,11,12). The first-order valence-corrected chi connectivity index (χ1v) is 5.88. The molecule has 1 heterocycles. The number of carbonyl (C=O) groups is 1. The van der Waals surface area contributed by atoms with E-state index in [0.29, 0.717) is 11.4 Å². The highest BCUT2D eigenvalue weighted by Crippen LogP contribution is 2.17. The molecule has 1 aromatic heterocycles. The fourth-order valence-electron chi connectivity index (χ4n) is 0.898. The third kappa shape index (κ3) is 3.85. The highest BCUT2D eigenvalue weighted by atomic mass is 32.1. The van der Waals surface area contributed by atoms with Crippen molar-refractivity contribution in [2.24, 2.45) is 0 Å². The van der Waals surface area contributed by atoms with Gasteiger partial charge in [0.2, 0.25) is 0 Å². The molecule has 0 aromatic carbocycles. The van der Waals surface area contributed by atoms with E-state index in [4.69, 9.17) is 4.74 Å². The minimum atomic E-state index is -0.337. The Bertz CT molecular complexity index is 347. The molecule has 0 aliphatic rings. The Kier molecular flexibility index (Phi) is 4.19. The highest BCUT2D eigenvalue weighted by molar-refractivity contribution is 7.80. The van der Waals surface area contributed by atoms with Crippen LogP contribution in [0.5, 0.6) is 0 Å². The smallest absolute Gasteiger partial charge is 0.261 e. The van der Waals surface area contributed by atoms with Crippen LogP contribution < -0.4 is 5.32 Å². The van der Waals surface area contributed by atoms with E-state index in [1.54, 1.807) is 13.2 Å². The van der Waals surface area contributed by atoms with Gasteiger partial charge in [0.1, 0.15) is 0 Å². The molecule has 5 heteroatoms. The summed E-state index contributed by atoms with van der Waals surface area (Å²) >= 11 is 5.54. The molecule has 1 N–H and O–H groups in total. The molecule has 1 amide bonds. The van der Waals surface area contributed by atoms with Gasteiger partial charge in [-0.3, -0.25) is 4.79 Å². The second-order valence-corrected chi connectivity index (χ2v) is 5.24. The molecule has 84 valence electrons. The molecule has 3 nitrogen and oxygen atoms in total. The average molecular weight is 245 g/mol. The van der Waals surface area contributed by atoms with Gasteiger partial charge in [-0.1, -0.05) is 0 Å². The van der Waals surface area contributed by atoms with Gasteiger partial charge in [-0.05, 0) is 19.9 Å². The van der Waals surface area contributed by atoms with Crippen LogP contribution >= 0.6 is 24.0 Å². The highest BCUT2D eigenvalue weighted by Gasteiger charge is 2.18. The number of rotatable bonds is 4. The number of thiophene rings is 1. The van der Waals surface area contributed by atoms with Gasteiger partial charge in [0.15, 0.2) is 0 Å². The molecule has 0 unspecified atom stereocenters. The van der Waals surface area contributed by atoms with Crippen LogP contribution in [0.25, 0.3) is 0 Å². The van der Waals surface area contributed by atoms with Crippen molar-refractivity contribution in [1.29, 1.82) is 0 Å². The second-order valence-electron chi connectivity index (χ2n) is 3.82. The lowest BCUT2D eigenvalue weighted by atomic mass is 10.1. The normalized spacial score (nSPS) is 11.5. The lowest BCUT2D eigenvalue weighted by molar-refractivity contribution is 0.0229.